The van der Waals surface area contributed by atoms with Crippen molar-refractivity contribution in [1.82, 2.24) is 0 Å². The molecule has 0 fully saturated rings. The number of ketones is 4. The summed E-state index contributed by atoms with van der Waals surface area (Å²) in [7, 11) is 0. The molecule has 0 aromatic heterocycles. The zero-order chi connectivity index (χ0) is 28.9. The Balaban J connectivity index is -0.000000717. The molecule has 6 rings (SSSR count). The zero-order valence-corrected chi connectivity index (χ0v) is 26.1. The first-order valence-electron chi connectivity index (χ1n) is 11.5. The molecule has 251 valence electrons. The molecule has 1 radical (unpaired) electrons. The maximum Gasteiger partial charge on any atom is 2.00 e. The minimum Gasteiger partial charge on any atom is -0.545 e. The summed E-state index contributed by atoms with van der Waals surface area (Å²) in [6.07, 6.45) is 0. The molecule has 17 heteroatoms. The molecule has 2 aliphatic rings. The summed E-state index contributed by atoms with van der Waals surface area (Å²) in [5, 5.41) is 22.5. The van der Waals surface area contributed by atoms with E-state index in [0.717, 1.165) is 0 Å². The Bertz CT molecular complexity index is 1740. The van der Waals surface area contributed by atoms with Crippen LogP contribution in [0.25, 0.3) is 0 Å². The number of hydrogen-bond donors (Lipinski definition) is 0. The second kappa shape index (κ2) is 17.9. The van der Waals surface area contributed by atoms with Crippen LogP contribution >= 0.6 is 23.2 Å². The summed E-state index contributed by atoms with van der Waals surface area (Å²) < 4.78 is 0. The van der Waals surface area contributed by atoms with Crippen molar-refractivity contribution in [3.63, 3.8) is 0 Å². The molecule has 0 aliphatic heterocycles. The van der Waals surface area contributed by atoms with Gasteiger partial charge in [-0.25, -0.2) is 0 Å². The fourth-order valence-electron chi connectivity index (χ4n) is 4.74. The number of carboxylic acids is 2. The number of carbonyl (C=O) groups is 6. The Hall–Kier alpha value is -4.65. The van der Waals surface area contributed by atoms with Gasteiger partial charge in [0.15, 0.2) is 23.1 Å². The van der Waals surface area contributed by atoms with E-state index in [-0.39, 0.29) is 115 Å². The van der Waals surface area contributed by atoms with Crippen LogP contribution < -0.4 is 10.2 Å². The Labute approximate surface area is 284 Å². The first kappa shape index (κ1) is 46.8. The van der Waals surface area contributed by atoms with E-state index in [1.54, 1.807) is 12.1 Å². The number of aromatic carboxylic acids is 2. The van der Waals surface area contributed by atoms with Crippen LogP contribution in [0.2, 0.25) is 10.0 Å². The van der Waals surface area contributed by atoms with Gasteiger partial charge in [0.25, 0.3) is 0 Å². The average molecular weight is 742 g/mol. The van der Waals surface area contributed by atoms with Crippen LogP contribution in [0.5, 0.6) is 0 Å². The monoisotopic (exact) mass is 741 g/mol. The largest absolute Gasteiger partial charge is 2.00 e. The van der Waals surface area contributed by atoms with Gasteiger partial charge in [-0.15, -0.1) is 0 Å². The van der Waals surface area contributed by atoms with Crippen LogP contribution in [0.15, 0.2) is 72.8 Å². The Kier molecular flexibility index (Phi) is 17.8. The van der Waals surface area contributed by atoms with Gasteiger partial charge in [-0.3, -0.25) is 19.2 Å². The molecule has 0 saturated carbocycles. The standard InChI is InChI=1S/2C15H7ClO4.Co.6H2O/c2*16-10-6-2-4-8-12(10)14(18)7-3-1-5-9(15(19)20)11(7)13(8)17;;;;;;;/h2*1-6H,(H,19,20);;6*1H2/q;;+2;;;;;;/p+2. The van der Waals surface area contributed by atoms with Crippen molar-refractivity contribution < 1.29 is 88.6 Å². The van der Waals surface area contributed by atoms with Gasteiger partial charge in [0.05, 0.1) is 33.1 Å². The minimum atomic E-state index is -1.49. The van der Waals surface area contributed by atoms with E-state index in [1.807, 2.05) is 0 Å². The van der Waals surface area contributed by atoms with E-state index in [2.05, 4.69) is 0 Å². The molecule has 47 heavy (non-hydrogen) atoms. The fourth-order valence-corrected chi connectivity index (χ4v) is 5.26. The maximum atomic E-state index is 12.4. The van der Waals surface area contributed by atoms with Crippen LogP contribution in [-0.4, -0.2) is 46.0 Å². The third kappa shape index (κ3) is 7.67. The van der Waals surface area contributed by atoms with E-state index in [4.69, 9.17) is 23.2 Å². The number of fused-ring (bicyclic) bond motifs is 4. The second-order valence-electron chi connectivity index (χ2n) is 8.67. The predicted molar refractivity (Wildman–Crippen MR) is 165 cm³/mol. The fraction of sp³-hybridized carbons (Fsp3) is 0. The van der Waals surface area contributed by atoms with Crippen LogP contribution in [0.1, 0.15) is 84.4 Å². The molecule has 0 unspecified atom stereocenters. The summed E-state index contributed by atoms with van der Waals surface area (Å²) in [6.45, 7) is 0. The first-order valence-corrected chi connectivity index (χ1v) is 12.2. The van der Waals surface area contributed by atoms with Crippen molar-refractivity contribution in [2.75, 3.05) is 0 Å². The van der Waals surface area contributed by atoms with Crippen LogP contribution in [0.4, 0.5) is 0 Å². The average Bonchev–Trinajstić information content (AvgIpc) is 2.94. The number of halogens is 2. The molecule has 0 atom stereocenters. The van der Waals surface area contributed by atoms with Crippen molar-refractivity contribution in [1.29, 1.82) is 0 Å². The van der Waals surface area contributed by atoms with Gasteiger partial charge in [-0.1, -0.05) is 83.9 Å². The summed E-state index contributed by atoms with van der Waals surface area (Å²) in [5.74, 6) is -4.96. The molecule has 0 bridgehead atoms. The number of rotatable bonds is 2. The molecule has 2 aliphatic carbocycles. The van der Waals surface area contributed by atoms with Gasteiger partial charge in [0.1, 0.15) is 0 Å². The van der Waals surface area contributed by atoms with Gasteiger partial charge in [0.2, 0.25) is 0 Å². The summed E-state index contributed by atoms with van der Waals surface area (Å²) >= 11 is 11.9. The molecule has 0 spiro atoms. The topological polar surface area (TPSA) is 344 Å². The molecular weight excluding hydrogens is 714 g/mol. The SMILES string of the molecule is O.O.O=C([O-])c1cccc2c1C(=O)c1cccc(Cl)c1C2=O.O=C([O-])c1cccc2c1C(=O)c1cccc(Cl)c1C2=O.[Co+2].[OH3+].[OH3+].[OH3+].[OH3+]. The molecule has 14 nitrogen and oxygen atoms in total. The van der Waals surface area contributed by atoms with Crippen molar-refractivity contribution in [2.24, 2.45) is 0 Å². The molecule has 0 saturated heterocycles. The van der Waals surface area contributed by atoms with E-state index in [1.165, 1.54) is 60.7 Å². The number of carbonyl (C=O) groups excluding carboxylic acids is 6. The number of benzene rings is 4. The van der Waals surface area contributed by atoms with E-state index in [0.29, 0.717) is 0 Å². The van der Waals surface area contributed by atoms with E-state index < -0.39 is 35.1 Å². The quantitative estimate of drug-likeness (QED) is 0.172. The zero-order valence-electron chi connectivity index (χ0n) is 23.6. The summed E-state index contributed by atoms with van der Waals surface area (Å²) in [4.78, 5) is 71.9. The van der Waals surface area contributed by atoms with Gasteiger partial charge in [-0.2, -0.15) is 0 Å². The van der Waals surface area contributed by atoms with Crippen LogP contribution in [0, 0.1) is 0 Å². The van der Waals surface area contributed by atoms with Gasteiger partial charge < -0.3 is 52.7 Å². The molecule has 16 N–H and O–H groups in total. The van der Waals surface area contributed by atoms with Crippen molar-refractivity contribution in [3.8, 4) is 0 Å². The van der Waals surface area contributed by atoms with Gasteiger partial charge >= 0.3 is 16.8 Å². The molecule has 0 amide bonds. The van der Waals surface area contributed by atoms with Crippen molar-refractivity contribution in [3.05, 3.63) is 138 Å². The van der Waals surface area contributed by atoms with Gasteiger partial charge in [-0.05, 0) is 12.1 Å². The molecule has 4 aromatic carbocycles. The smallest absolute Gasteiger partial charge is 0.545 e. The Morgan fingerprint density at radius 3 is 0.957 bits per heavy atom. The van der Waals surface area contributed by atoms with Crippen LogP contribution in [-0.2, 0) is 38.7 Å². The summed E-state index contributed by atoms with van der Waals surface area (Å²) in [5.41, 5.74) is -0.302. The molecular formula is C30H28Cl2CoO14+4. The van der Waals surface area contributed by atoms with Crippen molar-refractivity contribution >= 4 is 58.3 Å². The normalized spacial score (nSPS) is 10.9. The predicted octanol–water partition coefficient (Wildman–Crippen LogP) is -2.38. The molecule has 4 aromatic rings. The van der Waals surface area contributed by atoms with E-state index in [9.17, 15) is 39.0 Å². The number of carboxylic acid groups (broad SMARTS) is 2. The van der Waals surface area contributed by atoms with Crippen molar-refractivity contribution in [2.45, 2.75) is 0 Å². The minimum absolute atomic E-state index is 0. The maximum absolute atomic E-state index is 12.4. The Morgan fingerprint density at radius 1 is 0.447 bits per heavy atom. The van der Waals surface area contributed by atoms with Crippen LogP contribution in [0.3, 0.4) is 0 Å². The third-order valence-electron chi connectivity index (χ3n) is 6.48. The number of hydrogen-bond acceptors (Lipinski definition) is 8. The van der Waals surface area contributed by atoms with E-state index >= 15 is 0 Å². The van der Waals surface area contributed by atoms with Gasteiger partial charge in [0, 0.05) is 44.5 Å². The first-order chi connectivity index (χ1) is 19.0. The third-order valence-corrected chi connectivity index (χ3v) is 7.11. The summed E-state index contributed by atoms with van der Waals surface area (Å²) in [6, 6.07) is 17.1. The molecule has 0 heterocycles. The Morgan fingerprint density at radius 2 is 0.681 bits per heavy atom. The second-order valence-corrected chi connectivity index (χ2v) is 9.49.